The van der Waals surface area contributed by atoms with E-state index in [9.17, 15) is 17.6 Å². The lowest BCUT2D eigenvalue weighted by Crippen LogP contribution is -2.37. The maximum absolute atomic E-state index is 13.3. The average molecular weight is 376 g/mol. The Morgan fingerprint density at radius 3 is 2.31 bits per heavy atom. The van der Waals surface area contributed by atoms with Gasteiger partial charge in [0.25, 0.3) is 10.0 Å². The molecule has 0 spiro atoms. The number of ether oxygens (including phenoxy) is 1. The van der Waals surface area contributed by atoms with Crippen LogP contribution in [0.3, 0.4) is 0 Å². The Balaban J connectivity index is 2.06. The zero-order chi connectivity index (χ0) is 18.9. The van der Waals surface area contributed by atoms with E-state index >= 15 is 0 Å². The van der Waals surface area contributed by atoms with Gasteiger partial charge in [0.1, 0.15) is 18.2 Å². The van der Waals surface area contributed by atoms with Crippen molar-refractivity contribution in [2.75, 3.05) is 7.11 Å². The van der Waals surface area contributed by atoms with Gasteiger partial charge in [0.15, 0.2) is 6.04 Å². The van der Waals surface area contributed by atoms with E-state index in [4.69, 9.17) is 4.74 Å². The highest BCUT2D eigenvalue weighted by atomic mass is 32.2. The highest BCUT2D eigenvalue weighted by molar-refractivity contribution is 7.89. The van der Waals surface area contributed by atoms with Crippen LogP contribution in [0.2, 0.25) is 0 Å². The molecule has 0 amide bonds. The van der Waals surface area contributed by atoms with Gasteiger partial charge >= 0.3 is 5.97 Å². The number of benzene rings is 2. The summed E-state index contributed by atoms with van der Waals surface area (Å²) in [6.45, 7) is 1.85. The zero-order valence-electron chi connectivity index (χ0n) is 14.2. The molecule has 3 rings (SSSR count). The average Bonchev–Trinajstić information content (AvgIpc) is 3.08. The van der Waals surface area contributed by atoms with Gasteiger partial charge in [-0.05, 0) is 36.8 Å². The zero-order valence-corrected chi connectivity index (χ0v) is 15.0. The molecule has 0 bridgehead atoms. The van der Waals surface area contributed by atoms with Gasteiger partial charge in [-0.3, -0.25) is 4.99 Å². The standard InChI is InChI=1S/C18H17FN2O4S/c1-12-3-9-15(10-4-12)26(23,24)21-11-20-16(18(22)25-2)17(21)13-5-7-14(19)8-6-13/h3-11,16-17H,1-2H3/t16-,17-/m0/s1. The fourth-order valence-corrected chi connectivity index (χ4v) is 4.21. The summed E-state index contributed by atoms with van der Waals surface area (Å²) >= 11 is 0. The van der Waals surface area contributed by atoms with Crippen molar-refractivity contribution in [3.05, 3.63) is 65.5 Å². The van der Waals surface area contributed by atoms with Gasteiger partial charge in [0.2, 0.25) is 0 Å². The molecule has 2 atom stereocenters. The lowest BCUT2D eigenvalue weighted by Gasteiger charge is -2.27. The number of rotatable bonds is 4. The van der Waals surface area contributed by atoms with E-state index in [0.29, 0.717) is 5.56 Å². The van der Waals surface area contributed by atoms with Crippen molar-refractivity contribution < 1.29 is 22.3 Å². The van der Waals surface area contributed by atoms with Gasteiger partial charge in [-0.2, -0.15) is 0 Å². The molecule has 136 valence electrons. The number of aryl methyl sites for hydroxylation is 1. The first kappa shape index (κ1) is 18.1. The summed E-state index contributed by atoms with van der Waals surface area (Å²) in [7, 11) is -2.75. The second-order valence-corrected chi connectivity index (χ2v) is 7.72. The van der Waals surface area contributed by atoms with Crippen LogP contribution in [0, 0.1) is 12.7 Å². The molecule has 6 nitrogen and oxygen atoms in total. The summed E-state index contributed by atoms with van der Waals surface area (Å²) in [5.74, 6) is -1.13. The maximum atomic E-state index is 13.3. The van der Waals surface area contributed by atoms with Crippen LogP contribution in [0.25, 0.3) is 0 Å². The van der Waals surface area contributed by atoms with Gasteiger partial charge in [0, 0.05) is 0 Å². The van der Waals surface area contributed by atoms with Crippen LogP contribution in [0.5, 0.6) is 0 Å². The number of carbonyl (C=O) groups is 1. The molecule has 8 heteroatoms. The molecular formula is C18H17FN2O4S. The molecule has 0 radical (unpaired) electrons. The van der Waals surface area contributed by atoms with Crippen molar-refractivity contribution in [3.8, 4) is 0 Å². The number of methoxy groups -OCH3 is 1. The Morgan fingerprint density at radius 2 is 1.73 bits per heavy atom. The van der Waals surface area contributed by atoms with Gasteiger partial charge in [0.05, 0.1) is 12.0 Å². The van der Waals surface area contributed by atoms with Crippen molar-refractivity contribution in [2.24, 2.45) is 4.99 Å². The first-order chi connectivity index (χ1) is 12.3. The van der Waals surface area contributed by atoms with Crippen LogP contribution in [-0.4, -0.2) is 38.2 Å². The number of hydrogen-bond donors (Lipinski definition) is 0. The summed E-state index contributed by atoms with van der Waals surface area (Å²) in [6.07, 6.45) is 1.12. The Kier molecular flexibility index (Phi) is 4.78. The summed E-state index contributed by atoms with van der Waals surface area (Å²) < 4.78 is 45.2. The van der Waals surface area contributed by atoms with Crippen LogP contribution >= 0.6 is 0 Å². The summed E-state index contributed by atoms with van der Waals surface area (Å²) in [5, 5.41) is 0. The lowest BCUT2D eigenvalue weighted by atomic mass is 10.0. The number of nitrogens with zero attached hydrogens (tertiary/aromatic N) is 2. The molecule has 0 fully saturated rings. The number of aliphatic imine (C=N–C) groups is 1. The van der Waals surface area contributed by atoms with Gasteiger partial charge in [-0.15, -0.1) is 0 Å². The topological polar surface area (TPSA) is 76.0 Å². The second-order valence-electron chi connectivity index (χ2n) is 5.88. The van der Waals surface area contributed by atoms with E-state index in [1.165, 1.54) is 43.5 Å². The molecule has 0 unspecified atom stereocenters. The molecule has 1 aliphatic rings. The molecule has 1 heterocycles. The highest BCUT2D eigenvalue weighted by Gasteiger charge is 2.43. The van der Waals surface area contributed by atoms with Crippen LogP contribution in [0.1, 0.15) is 17.2 Å². The normalized spacial score (nSPS) is 19.6. The third-order valence-corrected chi connectivity index (χ3v) is 5.91. The Labute approximate surface area is 151 Å². The van der Waals surface area contributed by atoms with E-state index in [1.54, 1.807) is 12.1 Å². The maximum Gasteiger partial charge on any atom is 0.333 e. The first-order valence-electron chi connectivity index (χ1n) is 7.81. The minimum Gasteiger partial charge on any atom is -0.467 e. The quantitative estimate of drug-likeness (QED) is 0.768. The molecule has 2 aromatic carbocycles. The SMILES string of the molecule is COC(=O)[C@H]1N=CN(S(=O)(=O)c2ccc(C)cc2)[C@H]1c1ccc(F)cc1. The van der Waals surface area contributed by atoms with Crippen LogP contribution < -0.4 is 0 Å². The van der Waals surface area contributed by atoms with Crippen LogP contribution in [0.4, 0.5) is 4.39 Å². The molecule has 0 N–H and O–H groups in total. The summed E-state index contributed by atoms with van der Waals surface area (Å²) in [5.41, 5.74) is 1.36. The highest BCUT2D eigenvalue weighted by Crippen LogP contribution is 2.35. The first-order valence-corrected chi connectivity index (χ1v) is 9.25. The predicted octanol–water partition coefficient (Wildman–Crippen LogP) is 2.45. The lowest BCUT2D eigenvalue weighted by molar-refractivity contribution is -0.142. The van der Waals surface area contributed by atoms with Gasteiger partial charge < -0.3 is 4.74 Å². The van der Waals surface area contributed by atoms with Crippen LogP contribution in [0.15, 0.2) is 58.4 Å². The largest absolute Gasteiger partial charge is 0.467 e. The molecule has 1 aliphatic heterocycles. The van der Waals surface area contributed by atoms with Gasteiger partial charge in [-0.25, -0.2) is 21.9 Å². The third kappa shape index (κ3) is 3.20. The summed E-state index contributed by atoms with van der Waals surface area (Å²) in [4.78, 5) is 16.2. The van der Waals surface area contributed by atoms with Crippen molar-refractivity contribution in [1.29, 1.82) is 0 Å². The van der Waals surface area contributed by atoms with E-state index in [1.807, 2.05) is 6.92 Å². The molecule has 0 aromatic heterocycles. The van der Waals surface area contributed by atoms with Crippen molar-refractivity contribution in [1.82, 2.24) is 4.31 Å². The van der Waals surface area contributed by atoms with Crippen molar-refractivity contribution >= 4 is 22.3 Å². The summed E-state index contributed by atoms with van der Waals surface area (Å²) in [6, 6.07) is 9.62. The smallest absolute Gasteiger partial charge is 0.333 e. The molecule has 2 aromatic rings. The number of halogens is 1. The number of hydrogen-bond acceptors (Lipinski definition) is 5. The molecule has 0 saturated carbocycles. The fourth-order valence-electron chi connectivity index (χ4n) is 2.77. The molecule has 0 saturated heterocycles. The van der Waals surface area contributed by atoms with E-state index < -0.39 is 33.9 Å². The van der Waals surface area contributed by atoms with Crippen LogP contribution in [-0.2, 0) is 19.6 Å². The number of carbonyl (C=O) groups excluding carboxylic acids is 1. The number of sulfonamides is 1. The van der Waals surface area contributed by atoms with Gasteiger partial charge in [-0.1, -0.05) is 29.8 Å². The molecule has 26 heavy (non-hydrogen) atoms. The van der Waals surface area contributed by atoms with E-state index in [-0.39, 0.29) is 4.90 Å². The molecule has 0 aliphatic carbocycles. The second kappa shape index (κ2) is 6.87. The Bertz CT molecular complexity index is 940. The number of esters is 1. The van der Waals surface area contributed by atoms with Crippen molar-refractivity contribution in [3.63, 3.8) is 0 Å². The third-order valence-electron chi connectivity index (χ3n) is 4.16. The minimum absolute atomic E-state index is 0.0761. The minimum atomic E-state index is -3.96. The monoisotopic (exact) mass is 376 g/mol. The predicted molar refractivity (Wildman–Crippen MR) is 93.6 cm³/mol. The Hall–Kier alpha value is -2.74. The van der Waals surface area contributed by atoms with E-state index in [2.05, 4.69) is 4.99 Å². The van der Waals surface area contributed by atoms with E-state index in [0.717, 1.165) is 16.2 Å². The Morgan fingerprint density at radius 1 is 1.12 bits per heavy atom. The van der Waals surface area contributed by atoms with Crippen molar-refractivity contribution in [2.45, 2.75) is 23.9 Å². The molecular weight excluding hydrogens is 359 g/mol. The fraction of sp³-hybridized carbons (Fsp3) is 0.222.